The summed E-state index contributed by atoms with van der Waals surface area (Å²) in [4.78, 5) is 25.6. The second-order valence-electron chi connectivity index (χ2n) is 8.00. The molecule has 3 atom stereocenters. The molecule has 162 valence electrons. The molecule has 2 heterocycles. The third kappa shape index (κ3) is 4.27. The lowest BCUT2D eigenvalue weighted by atomic mass is 9.90. The van der Waals surface area contributed by atoms with Crippen molar-refractivity contribution in [1.82, 2.24) is 15.8 Å². The number of carbonyl (C=O) groups excluding carboxylic acids is 2. The Kier molecular flexibility index (Phi) is 5.95. The lowest BCUT2D eigenvalue weighted by Crippen LogP contribution is -2.54. The van der Waals surface area contributed by atoms with Crippen LogP contribution in [0.1, 0.15) is 38.2 Å². The molecule has 2 aliphatic heterocycles. The van der Waals surface area contributed by atoms with Gasteiger partial charge in [-0.15, -0.1) is 0 Å². The van der Waals surface area contributed by atoms with E-state index in [0.29, 0.717) is 17.7 Å². The van der Waals surface area contributed by atoms with Crippen molar-refractivity contribution in [2.75, 3.05) is 12.4 Å². The Labute approximate surface area is 182 Å². The summed E-state index contributed by atoms with van der Waals surface area (Å²) in [5, 5.41) is 8.05. The smallest absolute Gasteiger partial charge is 0.267 e. The molecule has 0 saturated carbocycles. The van der Waals surface area contributed by atoms with Crippen LogP contribution in [0.15, 0.2) is 65.9 Å². The number of nitrogens with zero attached hydrogens (tertiary/aromatic N) is 1. The van der Waals surface area contributed by atoms with Gasteiger partial charge < -0.3 is 15.4 Å². The maximum atomic E-state index is 13.2. The summed E-state index contributed by atoms with van der Waals surface area (Å²) in [5.41, 5.74) is 6.67. The van der Waals surface area contributed by atoms with E-state index < -0.39 is 0 Å². The number of fused-ring (bicyclic) bond motifs is 1. The SMILES string of the molecule is COc1ccc(NC(=O)CCC2=C(C)NC3C(c4ccccc4)C(C)NN3C2=O)cc1. The van der Waals surface area contributed by atoms with E-state index in [1.165, 1.54) is 5.56 Å². The molecule has 7 heteroatoms. The predicted molar refractivity (Wildman–Crippen MR) is 119 cm³/mol. The minimum atomic E-state index is -0.151. The van der Waals surface area contributed by atoms with Crippen LogP contribution in [-0.4, -0.2) is 36.1 Å². The molecule has 0 spiro atoms. The number of anilines is 1. The predicted octanol–water partition coefficient (Wildman–Crippen LogP) is 3.14. The van der Waals surface area contributed by atoms with Gasteiger partial charge in [-0.25, -0.2) is 5.43 Å². The molecule has 0 aromatic heterocycles. The van der Waals surface area contributed by atoms with Crippen LogP contribution in [0, 0.1) is 0 Å². The number of allylic oxidation sites excluding steroid dienone is 1. The van der Waals surface area contributed by atoms with Crippen molar-refractivity contribution in [3.05, 3.63) is 71.4 Å². The number of nitrogens with one attached hydrogen (secondary N) is 3. The summed E-state index contributed by atoms with van der Waals surface area (Å²) in [6.07, 6.45) is 0.443. The first-order valence-electron chi connectivity index (χ1n) is 10.5. The summed E-state index contributed by atoms with van der Waals surface area (Å²) >= 11 is 0. The van der Waals surface area contributed by atoms with Crippen LogP contribution < -0.4 is 20.8 Å². The Bertz CT molecular complexity index is 988. The van der Waals surface area contributed by atoms with E-state index in [-0.39, 0.29) is 36.4 Å². The van der Waals surface area contributed by atoms with Gasteiger partial charge in [-0.05, 0) is 50.1 Å². The minimum absolute atomic E-state index is 0.0659. The van der Waals surface area contributed by atoms with Gasteiger partial charge in [0.25, 0.3) is 5.91 Å². The molecule has 7 nitrogen and oxygen atoms in total. The van der Waals surface area contributed by atoms with Gasteiger partial charge in [0.1, 0.15) is 11.9 Å². The minimum Gasteiger partial charge on any atom is -0.497 e. The summed E-state index contributed by atoms with van der Waals surface area (Å²) in [6, 6.07) is 17.5. The molecule has 2 aliphatic rings. The van der Waals surface area contributed by atoms with E-state index >= 15 is 0 Å². The van der Waals surface area contributed by atoms with Gasteiger partial charge in [0.05, 0.1) is 7.11 Å². The van der Waals surface area contributed by atoms with Crippen molar-refractivity contribution in [2.45, 2.75) is 44.8 Å². The number of hydrazine groups is 1. The fourth-order valence-electron chi connectivity index (χ4n) is 4.35. The molecule has 2 aromatic carbocycles. The maximum absolute atomic E-state index is 13.2. The van der Waals surface area contributed by atoms with Crippen LogP contribution in [0.3, 0.4) is 0 Å². The quantitative estimate of drug-likeness (QED) is 0.669. The molecule has 2 amide bonds. The molecular weight excluding hydrogens is 392 g/mol. The molecule has 4 rings (SSSR count). The van der Waals surface area contributed by atoms with E-state index in [0.717, 1.165) is 11.4 Å². The Morgan fingerprint density at radius 2 is 1.84 bits per heavy atom. The summed E-state index contributed by atoms with van der Waals surface area (Å²) in [5.74, 6) is 0.669. The van der Waals surface area contributed by atoms with Crippen LogP contribution in [0.5, 0.6) is 5.75 Å². The monoisotopic (exact) mass is 420 g/mol. The first-order chi connectivity index (χ1) is 15.0. The highest BCUT2D eigenvalue weighted by Gasteiger charge is 2.46. The number of benzene rings is 2. The van der Waals surface area contributed by atoms with E-state index in [4.69, 9.17) is 4.74 Å². The van der Waals surface area contributed by atoms with Crippen molar-refractivity contribution >= 4 is 17.5 Å². The first kappa shape index (κ1) is 20.9. The van der Waals surface area contributed by atoms with Crippen molar-refractivity contribution in [2.24, 2.45) is 0 Å². The highest BCUT2D eigenvalue weighted by Crippen LogP contribution is 2.35. The average Bonchev–Trinajstić information content (AvgIpc) is 3.10. The number of rotatable bonds is 6. The number of hydrogen-bond donors (Lipinski definition) is 3. The molecular formula is C24H28N4O3. The Hall–Kier alpha value is -3.32. The van der Waals surface area contributed by atoms with Gasteiger partial charge in [-0.2, -0.15) is 0 Å². The zero-order valence-corrected chi connectivity index (χ0v) is 18.0. The third-order valence-corrected chi connectivity index (χ3v) is 5.95. The Morgan fingerprint density at radius 1 is 1.13 bits per heavy atom. The molecule has 0 bridgehead atoms. The van der Waals surface area contributed by atoms with Crippen molar-refractivity contribution in [3.8, 4) is 5.75 Å². The number of amides is 2. The van der Waals surface area contributed by atoms with Crippen LogP contribution >= 0.6 is 0 Å². The Balaban J connectivity index is 1.42. The number of ether oxygens (including phenoxy) is 1. The normalized spacial score (nSPS) is 22.7. The van der Waals surface area contributed by atoms with Crippen LogP contribution in [0.25, 0.3) is 0 Å². The van der Waals surface area contributed by atoms with Gasteiger partial charge in [0.15, 0.2) is 0 Å². The second kappa shape index (κ2) is 8.81. The van der Waals surface area contributed by atoms with Gasteiger partial charge in [-0.3, -0.25) is 14.6 Å². The van der Waals surface area contributed by atoms with E-state index in [2.05, 4.69) is 35.1 Å². The highest BCUT2D eigenvalue weighted by atomic mass is 16.5. The van der Waals surface area contributed by atoms with E-state index in [1.807, 2.05) is 25.1 Å². The molecule has 3 N–H and O–H groups in total. The van der Waals surface area contributed by atoms with Crippen LogP contribution in [0.4, 0.5) is 5.69 Å². The molecule has 1 fully saturated rings. The largest absolute Gasteiger partial charge is 0.497 e. The lowest BCUT2D eigenvalue weighted by molar-refractivity contribution is -0.133. The Morgan fingerprint density at radius 3 is 2.52 bits per heavy atom. The van der Waals surface area contributed by atoms with E-state index in [9.17, 15) is 9.59 Å². The number of hydrogen-bond acceptors (Lipinski definition) is 5. The standard InChI is InChI=1S/C24H28N4O3/c1-15-20(13-14-21(29)26-18-9-11-19(31-3)12-10-18)24(30)28-23(25-15)22(16(2)27-28)17-7-5-4-6-8-17/h4-12,16,22-23,25,27H,13-14H2,1-3H3,(H,26,29). The molecule has 3 unspecified atom stereocenters. The van der Waals surface area contributed by atoms with Crippen LogP contribution in [-0.2, 0) is 9.59 Å². The topological polar surface area (TPSA) is 82.7 Å². The van der Waals surface area contributed by atoms with Gasteiger partial charge in [0.2, 0.25) is 5.91 Å². The molecule has 31 heavy (non-hydrogen) atoms. The van der Waals surface area contributed by atoms with Gasteiger partial charge in [0, 0.05) is 35.3 Å². The molecule has 0 aliphatic carbocycles. The molecule has 2 aromatic rings. The van der Waals surface area contributed by atoms with E-state index in [1.54, 1.807) is 36.4 Å². The fourth-order valence-corrected chi connectivity index (χ4v) is 4.35. The third-order valence-electron chi connectivity index (χ3n) is 5.95. The fraction of sp³-hybridized carbons (Fsp3) is 0.333. The number of carbonyl (C=O) groups is 2. The van der Waals surface area contributed by atoms with Crippen LogP contribution in [0.2, 0.25) is 0 Å². The van der Waals surface area contributed by atoms with Gasteiger partial charge >= 0.3 is 0 Å². The summed E-state index contributed by atoms with van der Waals surface area (Å²) in [7, 11) is 1.60. The second-order valence-corrected chi connectivity index (χ2v) is 8.00. The summed E-state index contributed by atoms with van der Waals surface area (Å²) < 4.78 is 5.13. The molecule has 0 radical (unpaired) electrons. The van der Waals surface area contributed by atoms with Crippen molar-refractivity contribution in [3.63, 3.8) is 0 Å². The van der Waals surface area contributed by atoms with Gasteiger partial charge in [-0.1, -0.05) is 30.3 Å². The molecule has 1 saturated heterocycles. The number of methoxy groups -OCH3 is 1. The summed E-state index contributed by atoms with van der Waals surface area (Å²) in [6.45, 7) is 4.00. The maximum Gasteiger partial charge on any atom is 0.267 e. The zero-order chi connectivity index (χ0) is 22.0. The zero-order valence-electron chi connectivity index (χ0n) is 18.0. The average molecular weight is 421 g/mol. The lowest BCUT2D eigenvalue weighted by Gasteiger charge is -2.35. The first-order valence-corrected chi connectivity index (χ1v) is 10.5. The van der Waals surface area contributed by atoms with Crippen molar-refractivity contribution in [1.29, 1.82) is 0 Å². The highest BCUT2D eigenvalue weighted by molar-refractivity contribution is 5.97. The van der Waals surface area contributed by atoms with Crippen molar-refractivity contribution < 1.29 is 14.3 Å².